The number of ether oxygens (including phenoxy) is 1. The smallest absolute Gasteiger partial charge is 0.335 e. The summed E-state index contributed by atoms with van der Waals surface area (Å²) in [7, 11) is 0. The van der Waals surface area contributed by atoms with Gasteiger partial charge in [0.2, 0.25) is 5.88 Å². The van der Waals surface area contributed by atoms with Crippen molar-refractivity contribution < 1.29 is 9.53 Å². The molecule has 0 aliphatic heterocycles. The van der Waals surface area contributed by atoms with Crippen molar-refractivity contribution in [1.29, 1.82) is 0 Å². The summed E-state index contributed by atoms with van der Waals surface area (Å²) < 4.78 is 10.0. The lowest BCUT2D eigenvalue weighted by Gasteiger charge is -2.16. The molecule has 0 unspecified atom stereocenters. The molecule has 0 saturated carbocycles. The van der Waals surface area contributed by atoms with Gasteiger partial charge in [-0.1, -0.05) is 18.2 Å². The van der Waals surface area contributed by atoms with Crippen LogP contribution in [0.4, 0.5) is 5.69 Å². The van der Waals surface area contributed by atoms with Gasteiger partial charge in [0.15, 0.2) is 5.65 Å². The van der Waals surface area contributed by atoms with Crippen molar-refractivity contribution in [2.24, 2.45) is 0 Å². The molecular formula is C28H26N6O4. The number of amides is 1. The number of benzene rings is 2. The number of para-hydroxylation sites is 1. The first-order chi connectivity index (χ1) is 18.2. The summed E-state index contributed by atoms with van der Waals surface area (Å²) in [5.74, 6) is 0.408. The lowest BCUT2D eigenvalue weighted by Crippen LogP contribution is -2.43. The molecule has 0 aliphatic rings. The third-order valence-electron chi connectivity index (χ3n) is 6.06. The van der Waals surface area contributed by atoms with E-state index in [1.165, 1.54) is 10.8 Å². The maximum absolute atomic E-state index is 13.4. The number of nitrogens with one attached hydrogen (secondary N) is 1. The molecule has 1 amide bonds. The summed E-state index contributed by atoms with van der Waals surface area (Å²) in [6.45, 7) is 7.31. The molecule has 5 rings (SSSR count). The van der Waals surface area contributed by atoms with Gasteiger partial charge in [0.05, 0.1) is 11.9 Å². The van der Waals surface area contributed by atoms with Crippen LogP contribution in [0.5, 0.6) is 11.6 Å². The first-order valence-electron chi connectivity index (χ1n) is 12.1. The van der Waals surface area contributed by atoms with Gasteiger partial charge in [-0.05, 0) is 63.6 Å². The number of anilines is 1. The van der Waals surface area contributed by atoms with E-state index in [2.05, 4.69) is 15.4 Å². The van der Waals surface area contributed by atoms with Crippen molar-refractivity contribution in [1.82, 2.24) is 23.7 Å². The predicted octanol–water partition coefficient (Wildman–Crippen LogP) is 4.28. The lowest BCUT2D eigenvalue weighted by atomic mass is 10.2. The Kier molecular flexibility index (Phi) is 6.38. The first kappa shape index (κ1) is 24.7. The monoisotopic (exact) mass is 510 g/mol. The molecule has 5 aromatic rings. The van der Waals surface area contributed by atoms with Crippen molar-refractivity contribution in [3.05, 3.63) is 111 Å². The number of hydrogen-bond donors (Lipinski definition) is 1. The molecule has 3 aromatic heterocycles. The molecule has 0 bridgehead atoms. The van der Waals surface area contributed by atoms with Crippen LogP contribution in [0, 0.1) is 13.8 Å². The molecule has 0 saturated heterocycles. The molecule has 0 atom stereocenters. The Morgan fingerprint density at radius 1 is 1.00 bits per heavy atom. The Hall–Kier alpha value is -4.99. The van der Waals surface area contributed by atoms with Gasteiger partial charge in [-0.15, -0.1) is 0 Å². The topological polar surface area (TPSA) is 113 Å². The van der Waals surface area contributed by atoms with Crippen LogP contribution in [0.15, 0.2) is 82.6 Å². The number of nitrogens with zero attached hydrogens (tertiary/aromatic N) is 5. The summed E-state index contributed by atoms with van der Waals surface area (Å²) in [5.41, 5.74) is 1.76. The second-order valence-electron chi connectivity index (χ2n) is 9.17. The highest BCUT2D eigenvalue weighted by molar-refractivity contribution is 6.03. The van der Waals surface area contributed by atoms with E-state index in [0.717, 1.165) is 15.8 Å². The van der Waals surface area contributed by atoms with E-state index in [4.69, 9.17) is 4.74 Å². The molecule has 38 heavy (non-hydrogen) atoms. The van der Waals surface area contributed by atoms with Crippen LogP contribution in [-0.2, 0) is 0 Å². The molecule has 0 fully saturated rings. The average Bonchev–Trinajstić information content (AvgIpc) is 3.35. The number of carbonyl (C=O) groups is 1. The molecule has 3 heterocycles. The van der Waals surface area contributed by atoms with Gasteiger partial charge in [0.1, 0.15) is 11.3 Å². The third kappa shape index (κ3) is 4.59. The van der Waals surface area contributed by atoms with Crippen LogP contribution in [0.25, 0.3) is 11.3 Å². The van der Waals surface area contributed by atoms with Gasteiger partial charge < -0.3 is 10.1 Å². The fourth-order valence-electron chi connectivity index (χ4n) is 4.13. The number of aromatic nitrogens is 5. The SMILES string of the molecule is Cc1cc(Oc2ccc(NC(=O)c3cn(C(C)C)c(=O)n(-c4ccccc4C)c3=O)cc2)n2nccc2n1. The van der Waals surface area contributed by atoms with Gasteiger partial charge in [-0.3, -0.25) is 14.2 Å². The van der Waals surface area contributed by atoms with Crippen LogP contribution >= 0.6 is 0 Å². The minimum atomic E-state index is -0.685. The highest BCUT2D eigenvalue weighted by Gasteiger charge is 2.20. The third-order valence-corrected chi connectivity index (χ3v) is 6.06. The molecular weight excluding hydrogens is 484 g/mol. The van der Waals surface area contributed by atoms with Crippen molar-refractivity contribution in [2.45, 2.75) is 33.7 Å². The van der Waals surface area contributed by atoms with Gasteiger partial charge in [0, 0.05) is 35.8 Å². The summed E-state index contributed by atoms with van der Waals surface area (Å²) >= 11 is 0. The Morgan fingerprint density at radius 3 is 2.45 bits per heavy atom. The number of carbonyl (C=O) groups excluding carboxylic acids is 1. The lowest BCUT2D eigenvalue weighted by molar-refractivity contribution is 0.102. The molecule has 2 aromatic carbocycles. The maximum atomic E-state index is 13.4. The van der Waals surface area contributed by atoms with E-state index in [9.17, 15) is 14.4 Å². The summed E-state index contributed by atoms with van der Waals surface area (Å²) in [6, 6.07) is 17.1. The van der Waals surface area contributed by atoms with Crippen LogP contribution in [0.3, 0.4) is 0 Å². The van der Waals surface area contributed by atoms with Gasteiger partial charge in [-0.25, -0.2) is 14.3 Å². The fourth-order valence-corrected chi connectivity index (χ4v) is 4.13. The number of rotatable bonds is 6. The van der Waals surface area contributed by atoms with Crippen LogP contribution in [0.2, 0.25) is 0 Å². The fraction of sp³-hybridized carbons (Fsp3) is 0.179. The Balaban J connectivity index is 1.44. The van der Waals surface area contributed by atoms with E-state index in [0.29, 0.717) is 28.7 Å². The van der Waals surface area contributed by atoms with Gasteiger partial charge >= 0.3 is 5.69 Å². The van der Waals surface area contributed by atoms with E-state index in [-0.39, 0.29) is 11.6 Å². The Labute approximate surface area is 217 Å². The van der Waals surface area contributed by atoms with E-state index in [1.807, 2.05) is 39.8 Å². The zero-order chi connectivity index (χ0) is 27.0. The Morgan fingerprint density at radius 2 is 1.74 bits per heavy atom. The van der Waals surface area contributed by atoms with Crippen molar-refractivity contribution in [2.75, 3.05) is 5.32 Å². The quantitative estimate of drug-likeness (QED) is 0.365. The minimum Gasteiger partial charge on any atom is -0.439 e. The van der Waals surface area contributed by atoms with Gasteiger partial charge in [0.25, 0.3) is 11.5 Å². The predicted molar refractivity (Wildman–Crippen MR) is 144 cm³/mol. The molecule has 0 aliphatic carbocycles. The minimum absolute atomic E-state index is 0.143. The second kappa shape index (κ2) is 9.81. The normalized spacial score (nSPS) is 11.2. The Bertz CT molecular complexity index is 1780. The highest BCUT2D eigenvalue weighted by atomic mass is 16.5. The van der Waals surface area contributed by atoms with E-state index >= 15 is 0 Å². The molecule has 10 nitrogen and oxygen atoms in total. The molecule has 10 heteroatoms. The highest BCUT2D eigenvalue weighted by Crippen LogP contribution is 2.24. The second-order valence-corrected chi connectivity index (χ2v) is 9.17. The van der Waals surface area contributed by atoms with Crippen molar-refractivity contribution in [3.63, 3.8) is 0 Å². The van der Waals surface area contributed by atoms with Crippen molar-refractivity contribution in [3.8, 4) is 17.3 Å². The van der Waals surface area contributed by atoms with Gasteiger partial charge in [-0.2, -0.15) is 9.61 Å². The maximum Gasteiger partial charge on any atom is 0.335 e. The summed E-state index contributed by atoms with van der Waals surface area (Å²) in [6.07, 6.45) is 2.96. The first-order valence-corrected chi connectivity index (χ1v) is 12.1. The zero-order valence-corrected chi connectivity index (χ0v) is 21.4. The average molecular weight is 511 g/mol. The number of aryl methyl sites for hydroxylation is 2. The number of hydrogen-bond acceptors (Lipinski definition) is 6. The van der Waals surface area contributed by atoms with Crippen LogP contribution in [0.1, 0.15) is 41.5 Å². The molecule has 192 valence electrons. The van der Waals surface area contributed by atoms with Crippen molar-refractivity contribution >= 4 is 17.2 Å². The standard InChI is InChI=1S/C28H26N6O4/c1-17(2)32-16-22(27(36)33(28(32)37)23-8-6-5-7-18(23)3)26(35)31-20-9-11-21(12-10-20)38-25-15-19(4)30-24-13-14-29-34(24)25/h5-17H,1-4H3,(H,31,35). The largest absolute Gasteiger partial charge is 0.439 e. The van der Waals surface area contributed by atoms with Crippen LogP contribution < -0.4 is 21.3 Å². The van der Waals surface area contributed by atoms with Crippen LogP contribution in [-0.4, -0.2) is 29.6 Å². The summed E-state index contributed by atoms with van der Waals surface area (Å²) in [4.78, 5) is 44.2. The number of fused-ring (bicyclic) bond motifs is 1. The summed E-state index contributed by atoms with van der Waals surface area (Å²) in [5, 5.41) is 6.98. The molecule has 0 spiro atoms. The molecule has 0 radical (unpaired) electrons. The van der Waals surface area contributed by atoms with E-state index in [1.54, 1.807) is 59.2 Å². The zero-order valence-electron chi connectivity index (χ0n) is 21.4. The molecule has 1 N–H and O–H groups in total. The van der Waals surface area contributed by atoms with E-state index < -0.39 is 17.2 Å².